The number of aryl methyl sites for hydroxylation is 2. The van der Waals surface area contributed by atoms with Gasteiger partial charge in [0.1, 0.15) is 11.3 Å². The zero-order valence-corrected chi connectivity index (χ0v) is 14.4. The van der Waals surface area contributed by atoms with Crippen molar-refractivity contribution in [3.8, 4) is 5.69 Å². The highest BCUT2D eigenvalue weighted by Gasteiger charge is 2.27. The van der Waals surface area contributed by atoms with Crippen LogP contribution in [0.2, 0.25) is 0 Å². The number of nitrogens with zero attached hydrogens (tertiary/aromatic N) is 2. The summed E-state index contributed by atoms with van der Waals surface area (Å²) >= 11 is 0. The minimum atomic E-state index is -1.39. The Kier molecular flexibility index (Phi) is 4.42. The summed E-state index contributed by atoms with van der Waals surface area (Å²) in [7, 11) is 0. The maximum Gasteiger partial charge on any atom is 0.341 e. The van der Waals surface area contributed by atoms with Gasteiger partial charge in [-0.1, -0.05) is 38.5 Å². The molecule has 126 valence electrons. The van der Waals surface area contributed by atoms with Crippen LogP contribution in [0.4, 0.5) is 0 Å². The lowest BCUT2D eigenvalue weighted by Crippen LogP contribution is -2.32. The summed E-state index contributed by atoms with van der Waals surface area (Å²) in [5.74, 6) is -1.72. The Morgan fingerprint density at radius 2 is 1.75 bits per heavy atom. The van der Waals surface area contributed by atoms with Crippen LogP contribution in [-0.4, -0.2) is 26.6 Å². The Hall–Kier alpha value is -2.76. The Bertz CT molecular complexity index is 889. The van der Waals surface area contributed by atoms with E-state index in [4.69, 9.17) is 0 Å². The standard InChI is InChI=1S/C18H20N2O4/c1-10-6-7-14(11(2)8-10)20-16(22)12(17(23)24)9-13(19-20)15(21)18(3,4)5/h6-9H,1-5H3,(H,23,24). The van der Waals surface area contributed by atoms with E-state index in [1.807, 2.05) is 13.0 Å². The van der Waals surface area contributed by atoms with Crippen LogP contribution in [-0.2, 0) is 0 Å². The summed E-state index contributed by atoms with van der Waals surface area (Å²) < 4.78 is 0.997. The fourth-order valence-corrected chi connectivity index (χ4v) is 2.35. The van der Waals surface area contributed by atoms with Crippen molar-refractivity contribution in [3.05, 3.63) is 57.0 Å². The van der Waals surface area contributed by atoms with Crippen LogP contribution in [0.1, 0.15) is 52.7 Å². The molecule has 0 saturated carbocycles. The number of carbonyl (C=O) groups is 2. The summed E-state index contributed by atoms with van der Waals surface area (Å²) in [5, 5.41) is 13.4. The third-order valence-electron chi connectivity index (χ3n) is 3.64. The minimum absolute atomic E-state index is 0.0422. The van der Waals surface area contributed by atoms with Crippen molar-refractivity contribution in [2.24, 2.45) is 5.41 Å². The smallest absolute Gasteiger partial charge is 0.341 e. The molecule has 1 N–H and O–H groups in total. The first-order valence-electron chi connectivity index (χ1n) is 7.52. The van der Waals surface area contributed by atoms with E-state index in [0.717, 1.165) is 21.9 Å². The number of carboxylic acid groups (broad SMARTS) is 1. The van der Waals surface area contributed by atoms with Crippen molar-refractivity contribution in [1.29, 1.82) is 0 Å². The van der Waals surface area contributed by atoms with E-state index in [0.29, 0.717) is 5.69 Å². The molecule has 0 aliphatic carbocycles. The fourth-order valence-electron chi connectivity index (χ4n) is 2.35. The zero-order chi connectivity index (χ0) is 18.2. The molecular weight excluding hydrogens is 308 g/mol. The van der Waals surface area contributed by atoms with Gasteiger partial charge in [-0.3, -0.25) is 9.59 Å². The molecule has 1 aromatic heterocycles. The van der Waals surface area contributed by atoms with Crippen LogP contribution in [0.3, 0.4) is 0 Å². The second kappa shape index (κ2) is 6.03. The van der Waals surface area contributed by atoms with Crippen molar-refractivity contribution in [2.75, 3.05) is 0 Å². The highest BCUT2D eigenvalue weighted by molar-refractivity contribution is 5.99. The van der Waals surface area contributed by atoms with Gasteiger partial charge in [-0.25, -0.2) is 4.79 Å². The van der Waals surface area contributed by atoms with Gasteiger partial charge in [0.25, 0.3) is 5.56 Å². The molecule has 2 aromatic rings. The van der Waals surface area contributed by atoms with Crippen LogP contribution >= 0.6 is 0 Å². The molecule has 6 heteroatoms. The molecule has 1 heterocycles. The average Bonchev–Trinajstić information content (AvgIpc) is 2.46. The van der Waals surface area contributed by atoms with Crippen molar-refractivity contribution < 1.29 is 14.7 Å². The van der Waals surface area contributed by atoms with E-state index in [1.54, 1.807) is 39.8 Å². The topological polar surface area (TPSA) is 89.3 Å². The van der Waals surface area contributed by atoms with Gasteiger partial charge in [0.15, 0.2) is 5.78 Å². The van der Waals surface area contributed by atoms with Gasteiger partial charge in [0, 0.05) is 5.41 Å². The predicted molar refractivity (Wildman–Crippen MR) is 90.1 cm³/mol. The predicted octanol–water partition coefficient (Wildman–Crippen LogP) is 2.78. The maximum atomic E-state index is 12.5. The van der Waals surface area contributed by atoms with Crippen molar-refractivity contribution in [3.63, 3.8) is 0 Å². The summed E-state index contributed by atoms with van der Waals surface area (Å²) in [5.41, 5.74) is 0.201. The van der Waals surface area contributed by atoms with Gasteiger partial charge in [-0.15, -0.1) is 0 Å². The normalized spacial score (nSPS) is 11.4. The summed E-state index contributed by atoms with van der Waals surface area (Å²) in [4.78, 5) is 36.4. The molecule has 0 bridgehead atoms. The first-order chi connectivity index (χ1) is 11.0. The summed E-state index contributed by atoms with van der Waals surface area (Å²) in [6.45, 7) is 8.85. The Morgan fingerprint density at radius 1 is 1.12 bits per heavy atom. The lowest BCUT2D eigenvalue weighted by atomic mass is 9.88. The first-order valence-corrected chi connectivity index (χ1v) is 7.52. The second-order valence-corrected chi connectivity index (χ2v) is 6.83. The third kappa shape index (κ3) is 3.27. The SMILES string of the molecule is Cc1ccc(-n2nc(C(=O)C(C)(C)C)cc(C(=O)O)c2=O)c(C)c1. The zero-order valence-electron chi connectivity index (χ0n) is 14.4. The largest absolute Gasteiger partial charge is 0.477 e. The molecule has 2 rings (SSSR count). The van der Waals surface area contributed by atoms with E-state index in [1.165, 1.54) is 0 Å². The van der Waals surface area contributed by atoms with E-state index in [9.17, 15) is 19.5 Å². The minimum Gasteiger partial charge on any atom is -0.477 e. The first kappa shape index (κ1) is 17.6. The summed E-state index contributed by atoms with van der Waals surface area (Å²) in [6.07, 6.45) is 0. The molecule has 6 nitrogen and oxygen atoms in total. The third-order valence-corrected chi connectivity index (χ3v) is 3.64. The molecule has 0 unspecified atom stereocenters. The highest BCUT2D eigenvalue weighted by atomic mass is 16.4. The van der Waals surface area contributed by atoms with Crippen LogP contribution < -0.4 is 5.56 Å². The quantitative estimate of drug-likeness (QED) is 0.875. The van der Waals surface area contributed by atoms with Crippen LogP contribution in [0.25, 0.3) is 5.69 Å². The molecule has 0 fully saturated rings. The number of ketones is 1. The number of Topliss-reactive ketones (excluding diaryl/α,β-unsaturated/α-hetero) is 1. The Balaban J connectivity index is 2.80. The van der Waals surface area contributed by atoms with Gasteiger partial charge in [-0.05, 0) is 31.5 Å². The molecule has 24 heavy (non-hydrogen) atoms. The monoisotopic (exact) mass is 328 g/mol. The van der Waals surface area contributed by atoms with E-state index in [2.05, 4.69) is 5.10 Å². The van der Waals surface area contributed by atoms with Crippen molar-refractivity contribution in [2.45, 2.75) is 34.6 Å². The number of rotatable bonds is 3. The lowest BCUT2D eigenvalue weighted by Gasteiger charge is -2.17. The number of carboxylic acids is 1. The summed E-state index contributed by atoms with van der Waals surface area (Å²) in [6, 6.07) is 6.41. The number of hydrogen-bond acceptors (Lipinski definition) is 4. The maximum absolute atomic E-state index is 12.5. The highest BCUT2D eigenvalue weighted by Crippen LogP contribution is 2.20. The number of aromatic nitrogens is 2. The molecule has 0 atom stereocenters. The van der Waals surface area contributed by atoms with Crippen LogP contribution in [0.5, 0.6) is 0 Å². The molecule has 0 radical (unpaired) electrons. The van der Waals surface area contributed by atoms with E-state index >= 15 is 0 Å². The lowest BCUT2D eigenvalue weighted by molar-refractivity contribution is 0.0694. The Morgan fingerprint density at radius 3 is 2.25 bits per heavy atom. The second-order valence-electron chi connectivity index (χ2n) is 6.83. The van der Waals surface area contributed by atoms with Crippen molar-refractivity contribution >= 4 is 11.8 Å². The van der Waals surface area contributed by atoms with Crippen molar-refractivity contribution in [1.82, 2.24) is 9.78 Å². The molecule has 0 aliphatic heterocycles. The Labute approximate surface area is 139 Å². The van der Waals surface area contributed by atoms with E-state index < -0.39 is 22.5 Å². The van der Waals surface area contributed by atoms with Gasteiger partial charge in [-0.2, -0.15) is 9.78 Å². The number of aromatic carboxylic acids is 1. The molecular formula is C18H20N2O4. The van der Waals surface area contributed by atoms with Gasteiger partial charge < -0.3 is 5.11 Å². The fraction of sp³-hybridized carbons (Fsp3) is 0.333. The van der Waals surface area contributed by atoms with Crippen LogP contribution in [0.15, 0.2) is 29.1 Å². The van der Waals surface area contributed by atoms with Gasteiger partial charge >= 0.3 is 5.97 Å². The molecule has 0 spiro atoms. The number of benzene rings is 1. The number of carbonyl (C=O) groups excluding carboxylic acids is 1. The van der Waals surface area contributed by atoms with Gasteiger partial charge in [0.2, 0.25) is 0 Å². The van der Waals surface area contributed by atoms with E-state index in [-0.39, 0.29) is 11.5 Å². The van der Waals surface area contributed by atoms with Gasteiger partial charge in [0.05, 0.1) is 5.69 Å². The van der Waals surface area contributed by atoms with Crippen LogP contribution in [0, 0.1) is 19.3 Å². The average molecular weight is 328 g/mol. The number of hydrogen-bond donors (Lipinski definition) is 1. The molecule has 0 saturated heterocycles. The molecule has 0 amide bonds. The molecule has 1 aromatic carbocycles. The molecule has 0 aliphatic rings.